The Labute approximate surface area is 165 Å². The Morgan fingerprint density at radius 1 is 1.21 bits per heavy atom. The number of aliphatic hydroxyl groups is 2. The number of hydrogen-bond acceptors (Lipinski definition) is 6. The van der Waals surface area contributed by atoms with Crippen LogP contribution in [0.1, 0.15) is 37.7 Å². The fraction of sp³-hybridized carbons (Fsp3) is 0.700. The molecule has 1 aromatic rings. The first-order chi connectivity index (χ1) is 13.6. The van der Waals surface area contributed by atoms with Crippen LogP contribution in [-0.2, 0) is 20.8 Å². The van der Waals surface area contributed by atoms with Gasteiger partial charge in [0.25, 0.3) is 0 Å². The molecule has 8 nitrogen and oxygen atoms in total. The first kappa shape index (κ1) is 21.0. The van der Waals surface area contributed by atoms with E-state index in [0.29, 0.717) is 13.2 Å². The van der Waals surface area contributed by atoms with Crippen molar-refractivity contribution in [3.05, 3.63) is 46.3 Å². The van der Waals surface area contributed by atoms with E-state index < -0.39 is 23.9 Å². The lowest BCUT2D eigenvalue weighted by Crippen LogP contribution is -2.45. The standard InChI is InChI=1S/C20H29N3O5/c21-23-22-11-17(24)19(25)16(13-26-12-15-7-3-1-4-8-15)18-14-27-20(28-18)9-5-2-6-10-20/h1,3-4,7-8,16-19,24-25H,2,5-6,9-14H2/t16-,17-,18-,19-/m1/s1. The van der Waals surface area contributed by atoms with E-state index in [4.69, 9.17) is 19.7 Å². The summed E-state index contributed by atoms with van der Waals surface area (Å²) < 4.78 is 18.1. The minimum absolute atomic E-state index is 0.202. The molecule has 1 saturated heterocycles. The van der Waals surface area contributed by atoms with E-state index in [9.17, 15) is 10.2 Å². The maximum atomic E-state index is 10.7. The largest absolute Gasteiger partial charge is 0.390 e. The van der Waals surface area contributed by atoms with Gasteiger partial charge in [0.15, 0.2) is 5.79 Å². The summed E-state index contributed by atoms with van der Waals surface area (Å²) in [6.07, 6.45) is 2.27. The lowest BCUT2D eigenvalue weighted by molar-refractivity contribution is -0.200. The smallest absolute Gasteiger partial charge is 0.168 e. The van der Waals surface area contributed by atoms with Crippen molar-refractivity contribution in [2.75, 3.05) is 19.8 Å². The molecule has 8 heteroatoms. The second-order valence-electron chi connectivity index (χ2n) is 7.57. The normalized spacial score (nSPS) is 24.4. The molecular weight excluding hydrogens is 362 g/mol. The fourth-order valence-electron chi connectivity index (χ4n) is 3.97. The van der Waals surface area contributed by atoms with E-state index >= 15 is 0 Å². The predicted octanol–water partition coefficient (Wildman–Crippen LogP) is 2.93. The zero-order chi connectivity index (χ0) is 19.8. The van der Waals surface area contributed by atoms with Crippen LogP contribution in [0.2, 0.25) is 0 Å². The van der Waals surface area contributed by atoms with Gasteiger partial charge in [0.1, 0.15) is 0 Å². The summed E-state index contributed by atoms with van der Waals surface area (Å²) in [5.41, 5.74) is 9.50. The maximum Gasteiger partial charge on any atom is 0.168 e. The van der Waals surface area contributed by atoms with Gasteiger partial charge >= 0.3 is 0 Å². The molecule has 1 aliphatic carbocycles. The number of ether oxygens (including phenoxy) is 3. The van der Waals surface area contributed by atoms with Crippen molar-refractivity contribution in [2.24, 2.45) is 11.0 Å². The molecular formula is C20H29N3O5. The third kappa shape index (κ3) is 5.44. The summed E-state index contributed by atoms with van der Waals surface area (Å²) in [4.78, 5) is 2.65. The Kier molecular flexibility index (Phi) is 7.67. The second kappa shape index (κ2) is 10.2. The van der Waals surface area contributed by atoms with Crippen LogP contribution in [0.15, 0.2) is 35.4 Å². The maximum absolute atomic E-state index is 10.7. The van der Waals surface area contributed by atoms with E-state index in [2.05, 4.69) is 10.0 Å². The third-order valence-electron chi connectivity index (χ3n) is 5.56. The average molecular weight is 391 g/mol. The minimum atomic E-state index is -1.19. The zero-order valence-corrected chi connectivity index (χ0v) is 16.0. The number of hydrogen-bond donors (Lipinski definition) is 2. The molecule has 0 bridgehead atoms. The molecule has 154 valence electrons. The molecule has 2 N–H and O–H groups in total. The van der Waals surface area contributed by atoms with Crippen molar-refractivity contribution in [1.82, 2.24) is 0 Å². The highest BCUT2D eigenvalue weighted by Gasteiger charge is 2.47. The highest BCUT2D eigenvalue weighted by atomic mass is 16.7. The van der Waals surface area contributed by atoms with Gasteiger partial charge in [-0.05, 0) is 23.9 Å². The highest BCUT2D eigenvalue weighted by Crippen LogP contribution is 2.40. The van der Waals surface area contributed by atoms with Crippen LogP contribution in [-0.4, -0.2) is 54.1 Å². The Bertz CT molecular complexity index is 647. The molecule has 3 rings (SSSR count). The van der Waals surface area contributed by atoms with Crippen LogP contribution in [0.3, 0.4) is 0 Å². The van der Waals surface area contributed by atoms with Gasteiger partial charge in [-0.25, -0.2) is 0 Å². The van der Waals surface area contributed by atoms with Crippen LogP contribution in [0.5, 0.6) is 0 Å². The molecule has 1 spiro atoms. The predicted molar refractivity (Wildman–Crippen MR) is 102 cm³/mol. The van der Waals surface area contributed by atoms with Gasteiger partial charge in [-0.2, -0.15) is 0 Å². The number of aliphatic hydroxyl groups excluding tert-OH is 2. The first-order valence-corrected chi connectivity index (χ1v) is 9.94. The van der Waals surface area contributed by atoms with Gasteiger partial charge in [0.05, 0.1) is 44.7 Å². The quantitative estimate of drug-likeness (QED) is 0.381. The van der Waals surface area contributed by atoms with Gasteiger partial charge in [0.2, 0.25) is 0 Å². The van der Waals surface area contributed by atoms with E-state index in [0.717, 1.165) is 31.2 Å². The highest BCUT2D eigenvalue weighted by molar-refractivity contribution is 5.13. The van der Waals surface area contributed by atoms with E-state index in [1.165, 1.54) is 6.42 Å². The molecule has 1 heterocycles. The van der Waals surface area contributed by atoms with Crippen LogP contribution in [0.4, 0.5) is 0 Å². The number of benzene rings is 1. The minimum Gasteiger partial charge on any atom is -0.390 e. The lowest BCUT2D eigenvalue weighted by Gasteiger charge is -2.34. The van der Waals surface area contributed by atoms with Gasteiger partial charge in [0, 0.05) is 23.7 Å². The van der Waals surface area contributed by atoms with Crippen molar-refractivity contribution in [3.63, 3.8) is 0 Å². The molecule has 28 heavy (non-hydrogen) atoms. The van der Waals surface area contributed by atoms with Crippen molar-refractivity contribution in [1.29, 1.82) is 0 Å². The summed E-state index contributed by atoms with van der Waals surface area (Å²) in [6, 6.07) is 9.75. The number of nitrogens with zero attached hydrogens (tertiary/aromatic N) is 3. The van der Waals surface area contributed by atoms with Gasteiger partial charge in [-0.1, -0.05) is 41.9 Å². The average Bonchev–Trinajstić information content (AvgIpc) is 3.13. The molecule has 1 aromatic carbocycles. The Morgan fingerprint density at radius 3 is 2.68 bits per heavy atom. The summed E-state index contributed by atoms with van der Waals surface area (Å²) in [7, 11) is 0. The molecule has 1 saturated carbocycles. The van der Waals surface area contributed by atoms with E-state index in [-0.39, 0.29) is 19.3 Å². The fourth-order valence-corrected chi connectivity index (χ4v) is 3.97. The number of rotatable bonds is 9. The van der Waals surface area contributed by atoms with Gasteiger partial charge < -0.3 is 24.4 Å². The van der Waals surface area contributed by atoms with Gasteiger partial charge in [-0.15, -0.1) is 0 Å². The zero-order valence-electron chi connectivity index (χ0n) is 16.0. The Hall–Kier alpha value is -1.67. The summed E-state index contributed by atoms with van der Waals surface area (Å²) in [5, 5.41) is 24.3. The molecule has 0 amide bonds. The van der Waals surface area contributed by atoms with Crippen molar-refractivity contribution in [2.45, 2.75) is 62.8 Å². The monoisotopic (exact) mass is 391 g/mol. The van der Waals surface area contributed by atoms with E-state index in [1.807, 2.05) is 30.3 Å². The van der Waals surface area contributed by atoms with Crippen LogP contribution in [0, 0.1) is 5.92 Å². The topological polar surface area (TPSA) is 117 Å². The van der Waals surface area contributed by atoms with Crippen molar-refractivity contribution >= 4 is 0 Å². The summed E-state index contributed by atoms with van der Waals surface area (Å²) in [6.45, 7) is 0.749. The second-order valence-corrected chi connectivity index (χ2v) is 7.57. The van der Waals surface area contributed by atoms with Gasteiger partial charge in [-0.3, -0.25) is 0 Å². The Morgan fingerprint density at radius 2 is 1.96 bits per heavy atom. The first-order valence-electron chi connectivity index (χ1n) is 9.94. The van der Waals surface area contributed by atoms with Crippen molar-refractivity contribution in [3.8, 4) is 0 Å². The number of azide groups is 1. The summed E-state index contributed by atoms with van der Waals surface area (Å²) >= 11 is 0. The molecule has 4 atom stereocenters. The Balaban J connectivity index is 1.64. The molecule has 1 aliphatic heterocycles. The van der Waals surface area contributed by atoms with Crippen LogP contribution in [0.25, 0.3) is 10.4 Å². The molecule has 0 unspecified atom stereocenters. The SMILES string of the molecule is [N-]=[N+]=NC[C@@H](O)[C@H](O)[C@H](COCc1ccccc1)[C@H]1COC2(CCCCC2)O1. The van der Waals surface area contributed by atoms with Crippen LogP contribution < -0.4 is 0 Å². The molecule has 0 aromatic heterocycles. The van der Waals surface area contributed by atoms with Crippen LogP contribution >= 0.6 is 0 Å². The molecule has 0 radical (unpaired) electrons. The van der Waals surface area contributed by atoms with Crippen molar-refractivity contribution < 1.29 is 24.4 Å². The third-order valence-corrected chi connectivity index (χ3v) is 5.56. The molecule has 2 fully saturated rings. The van der Waals surface area contributed by atoms with E-state index in [1.54, 1.807) is 0 Å². The summed E-state index contributed by atoms with van der Waals surface area (Å²) in [5.74, 6) is -1.07. The lowest BCUT2D eigenvalue weighted by atomic mass is 9.92. The molecule has 2 aliphatic rings.